The first-order chi connectivity index (χ1) is 11.4. The van der Waals surface area contributed by atoms with Crippen LogP contribution >= 0.6 is 0 Å². The maximum Gasteiger partial charge on any atom is 1.00 e. The van der Waals surface area contributed by atoms with E-state index in [-0.39, 0.29) is 1.43 Å². The molecule has 0 radical (unpaired) electrons. The highest BCUT2D eigenvalue weighted by molar-refractivity contribution is 4.71. The van der Waals surface area contributed by atoms with Gasteiger partial charge in [0.15, 0.2) is 0 Å². The summed E-state index contributed by atoms with van der Waals surface area (Å²) in [7, 11) is 13.0. The van der Waals surface area contributed by atoms with E-state index >= 15 is 0 Å². The van der Waals surface area contributed by atoms with Crippen LogP contribution in [0.15, 0.2) is 0 Å². The van der Waals surface area contributed by atoms with E-state index in [4.69, 9.17) is 0 Å². The summed E-state index contributed by atoms with van der Waals surface area (Å²) >= 11 is 0. The third kappa shape index (κ3) is 10.6. The molecule has 0 spiro atoms. The number of nitrogens with zero attached hydrogens (tertiary/aromatic N) is 6. The van der Waals surface area contributed by atoms with Gasteiger partial charge >= 0.3 is 1.43 Å². The normalized spacial score (nSPS) is 18.4. The van der Waals surface area contributed by atoms with Crippen LogP contribution in [-0.2, 0) is 0 Å². The largest absolute Gasteiger partial charge is 1.00 e. The average Bonchev–Trinajstić information content (AvgIpc) is 2.46. The monoisotopic (exact) mass is 343 g/mol. The molecule has 0 aliphatic carbocycles. The maximum atomic E-state index is 2.62. The van der Waals surface area contributed by atoms with E-state index < -0.39 is 0 Å². The van der Waals surface area contributed by atoms with Crippen LogP contribution in [0, 0.1) is 0 Å². The van der Waals surface area contributed by atoms with Crippen molar-refractivity contribution >= 4 is 0 Å². The van der Waals surface area contributed by atoms with Crippen LogP contribution in [0.3, 0.4) is 0 Å². The van der Waals surface area contributed by atoms with E-state index in [0.717, 1.165) is 20.0 Å². The molecule has 1 fully saturated rings. The van der Waals surface area contributed by atoms with E-state index in [0.29, 0.717) is 0 Å². The molecular formula is C18H43N6+. The second kappa shape index (κ2) is 12.2. The van der Waals surface area contributed by atoms with Gasteiger partial charge in [0.25, 0.3) is 0 Å². The van der Waals surface area contributed by atoms with Crippen molar-refractivity contribution in [3.8, 4) is 0 Å². The van der Waals surface area contributed by atoms with Crippen molar-refractivity contribution in [3.05, 3.63) is 0 Å². The van der Waals surface area contributed by atoms with Gasteiger partial charge in [-0.2, -0.15) is 0 Å². The Morgan fingerprint density at radius 3 is 1.00 bits per heavy atom. The van der Waals surface area contributed by atoms with Crippen LogP contribution in [-0.4, -0.2) is 131 Å². The smallest absolute Gasteiger partial charge is 0.309 e. The molecule has 0 unspecified atom stereocenters. The van der Waals surface area contributed by atoms with Gasteiger partial charge in [-0.05, 0) is 81.2 Å². The van der Waals surface area contributed by atoms with Gasteiger partial charge in [0.05, 0.1) is 20.0 Å². The molecule has 6 nitrogen and oxygen atoms in total. The predicted molar refractivity (Wildman–Crippen MR) is 105 cm³/mol. The van der Waals surface area contributed by atoms with Gasteiger partial charge in [-0.3, -0.25) is 14.7 Å². The standard InChI is InChI=1S/C18H42N6/c1-19(2)10-7-13-22-16-23(14-8-11-20(3)4)18-24(17-22)15-9-12-21(5)6/h7-18H2,1-6H3/p+1. The Hall–Kier alpha value is -0.240. The highest BCUT2D eigenvalue weighted by Crippen LogP contribution is 2.10. The fraction of sp³-hybridized carbons (Fsp3) is 1.00. The average molecular weight is 344 g/mol. The van der Waals surface area contributed by atoms with Gasteiger partial charge in [0.2, 0.25) is 0 Å². The lowest BCUT2D eigenvalue weighted by atomic mass is 10.3. The minimum absolute atomic E-state index is 0. The SMILES string of the molecule is CN(C)CCCN1CN(CCCN(C)C)CN(CCCN(C)C)C1.[H+]. The quantitative estimate of drug-likeness (QED) is 0.517. The summed E-state index contributed by atoms with van der Waals surface area (Å²) in [5.41, 5.74) is 0. The fourth-order valence-corrected chi connectivity index (χ4v) is 3.24. The van der Waals surface area contributed by atoms with Crippen molar-refractivity contribution in [2.24, 2.45) is 0 Å². The molecule has 1 heterocycles. The van der Waals surface area contributed by atoms with Crippen molar-refractivity contribution in [1.82, 2.24) is 29.4 Å². The van der Waals surface area contributed by atoms with Crippen LogP contribution in [0.2, 0.25) is 0 Å². The van der Waals surface area contributed by atoms with Crippen LogP contribution in [0.4, 0.5) is 0 Å². The van der Waals surface area contributed by atoms with Crippen molar-refractivity contribution in [3.63, 3.8) is 0 Å². The molecule has 1 aliphatic rings. The molecule has 144 valence electrons. The Bertz CT molecular complexity index is 260. The van der Waals surface area contributed by atoms with Gasteiger partial charge in [-0.1, -0.05) is 0 Å². The van der Waals surface area contributed by atoms with Crippen molar-refractivity contribution < 1.29 is 1.43 Å². The molecule has 1 rings (SSSR count). The van der Waals surface area contributed by atoms with Crippen LogP contribution in [0.25, 0.3) is 0 Å². The van der Waals surface area contributed by atoms with Crippen LogP contribution < -0.4 is 0 Å². The number of hydrogen-bond donors (Lipinski definition) is 0. The summed E-state index contributed by atoms with van der Waals surface area (Å²) in [6, 6.07) is 0. The minimum Gasteiger partial charge on any atom is -0.309 e. The zero-order chi connectivity index (χ0) is 17.9. The van der Waals surface area contributed by atoms with Gasteiger partial charge in [0, 0.05) is 19.6 Å². The first kappa shape index (κ1) is 21.8. The van der Waals surface area contributed by atoms with Gasteiger partial charge in [0.1, 0.15) is 0 Å². The van der Waals surface area contributed by atoms with Crippen LogP contribution in [0.5, 0.6) is 0 Å². The lowest BCUT2D eigenvalue weighted by molar-refractivity contribution is -0.0320. The topological polar surface area (TPSA) is 19.4 Å². The molecule has 0 amide bonds. The summed E-state index contributed by atoms with van der Waals surface area (Å²) in [5.74, 6) is 0. The first-order valence-electron chi connectivity index (χ1n) is 9.48. The third-order valence-corrected chi connectivity index (χ3v) is 4.44. The molecule has 1 aliphatic heterocycles. The molecule has 0 bridgehead atoms. The summed E-state index contributed by atoms with van der Waals surface area (Å²) in [4.78, 5) is 14.7. The second-order valence-corrected chi connectivity index (χ2v) is 8.08. The molecule has 1 saturated heterocycles. The maximum absolute atomic E-state index is 2.62. The zero-order valence-electron chi connectivity index (χ0n) is 18.2. The van der Waals surface area contributed by atoms with Crippen LogP contribution in [0.1, 0.15) is 20.7 Å². The molecule has 6 heteroatoms. The molecular weight excluding hydrogens is 300 g/mol. The Balaban J connectivity index is 0.00000576. The lowest BCUT2D eigenvalue weighted by Crippen LogP contribution is -2.55. The molecule has 0 N–H and O–H groups in total. The van der Waals surface area contributed by atoms with Crippen molar-refractivity contribution in [1.29, 1.82) is 0 Å². The van der Waals surface area contributed by atoms with Crippen molar-refractivity contribution in [2.45, 2.75) is 19.3 Å². The van der Waals surface area contributed by atoms with E-state index in [1.807, 2.05) is 0 Å². The van der Waals surface area contributed by atoms with Gasteiger partial charge in [-0.25, -0.2) is 0 Å². The predicted octanol–water partition coefficient (Wildman–Crippen LogP) is 0.746. The minimum atomic E-state index is 0. The Morgan fingerprint density at radius 2 is 0.792 bits per heavy atom. The van der Waals surface area contributed by atoms with E-state index in [1.54, 1.807) is 0 Å². The first-order valence-corrected chi connectivity index (χ1v) is 9.48. The van der Waals surface area contributed by atoms with Gasteiger partial charge in [-0.15, -0.1) is 0 Å². The molecule has 24 heavy (non-hydrogen) atoms. The molecule has 0 aromatic rings. The van der Waals surface area contributed by atoms with E-state index in [2.05, 4.69) is 71.7 Å². The number of rotatable bonds is 12. The van der Waals surface area contributed by atoms with Gasteiger partial charge < -0.3 is 14.7 Å². The molecule has 0 saturated carbocycles. The Kier molecular flexibility index (Phi) is 11.1. The molecule has 0 aromatic heterocycles. The third-order valence-electron chi connectivity index (χ3n) is 4.44. The Morgan fingerprint density at radius 1 is 0.542 bits per heavy atom. The van der Waals surface area contributed by atoms with E-state index in [9.17, 15) is 0 Å². The highest BCUT2D eigenvalue weighted by atomic mass is 15.5. The summed E-state index contributed by atoms with van der Waals surface area (Å²) in [6.45, 7) is 10.5. The molecule has 0 aromatic carbocycles. The summed E-state index contributed by atoms with van der Waals surface area (Å²) < 4.78 is 0. The second-order valence-electron chi connectivity index (χ2n) is 8.08. The number of hydrogen-bond acceptors (Lipinski definition) is 6. The summed E-state index contributed by atoms with van der Waals surface area (Å²) in [5, 5.41) is 0. The highest BCUT2D eigenvalue weighted by Gasteiger charge is 2.22. The van der Waals surface area contributed by atoms with E-state index in [1.165, 1.54) is 58.5 Å². The Labute approximate surface area is 152 Å². The zero-order valence-corrected chi connectivity index (χ0v) is 17.2. The molecule has 0 atom stereocenters. The summed E-state index contributed by atoms with van der Waals surface area (Å²) in [6.07, 6.45) is 3.76. The van der Waals surface area contributed by atoms with Crippen molar-refractivity contribution in [2.75, 3.05) is 102 Å². The lowest BCUT2D eigenvalue weighted by Gasteiger charge is -2.42. The fourth-order valence-electron chi connectivity index (χ4n) is 3.24.